The summed E-state index contributed by atoms with van der Waals surface area (Å²) < 4.78 is 6.20. The molecule has 6 nitrogen and oxygen atoms in total. The number of nitrogens with zero attached hydrogens (tertiary/aromatic N) is 4. The Morgan fingerprint density at radius 2 is 1.78 bits per heavy atom. The smallest absolute Gasteiger partial charge is 0.355 e. The fourth-order valence-corrected chi connectivity index (χ4v) is 1.45. The third kappa shape index (κ3) is 3.63. The van der Waals surface area contributed by atoms with Gasteiger partial charge < -0.3 is 10.1 Å². The molecular weight excluding hydrogens is 298 g/mol. The summed E-state index contributed by atoms with van der Waals surface area (Å²) in [6.07, 6.45) is 0.891. The third-order valence-electron chi connectivity index (χ3n) is 2.00. The molecule has 0 saturated heterocycles. The van der Waals surface area contributed by atoms with Gasteiger partial charge in [0.15, 0.2) is 0 Å². The molecule has 2 rings (SSSR count). The van der Waals surface area contributed by atoms with Gasteiger partial charge in [-0.25, -0.2) is 0 Å². The number of aromatic nitrogens is 4. The number of hydrogen-bond acceptors (Lipinski definition) is 6. The number of benzene rings is 1. The highest BCUT2D eigenvalue weighted by atomic mass is 79.9. The number of halogens is 1. The maximum atomic E-state index is 5.19. The Morgan fingerprint density at radius 3 is 2.39 bits per heavy atom. The second kappa shape index (κ2) is 6.25. The van der Waals surface area contributed by atoms with E-state index in [4.69, 9.17) is 4.74 Å². The minimum absolute atomic E-state index is 0.193. The van der Waals surface area contributed by atoms with Crippen molar-refractivity contribution in [2.75, 3.05) is 11.9 Å². The topological polar surface area (TPSA) is 72.8 Å². The van der Waals surface area contributed by atoms with Gasteiger partial charge in [0.05, 0.1) is 6.61 Å². The molecule has 1 N–H and O–H groups in total. The Kier molecular flexibility index (Phi) is 4.40. The highest BCUT2D eigenvalue weighted by Crippen LogP contribution is 2.16. The molecule has 0 unspecified atom stereocenters. The van der Waals surface area contributed by atoms with Crippen LogP contribution in [-0.2, 0) is 0 Å². The van der Waals surface area contributed by atoms with Crippen LogP contribution in [0.15, 0.2) is 28.7 Å². The SMILES string of the molecule is CCCOc1nnc(Nc2ccc(Br)cc2)nn1. The molecule has 94 valence electrons. The van der Waals surface area contributed by atoms with Gasteiger partial charge in [-0.15, -0.1) is 10.2 Å². The van der Waals surface area contributed by atoms with Crippen LogP contribution >= 0.6 is 15.9 Å². The van der Waals surface area contributed by atoms with Gasteiger partial charge in [-0.1, -0.05) is 33.1 Å². The fraction of sp³-hybridized carbons (Fsp3) is 0.273. The minimum atomic E-state index is 0.193. The predicted molar refractivity (Wildman–Crippen MR) is 70.8 cm³/mol. The first kappa shape index (κ1) is 12.7. The average molecular weight is 310 g/mol. The molecule has 1 aromatic carbocycles. The van der Waals surface area contributed by atoms with Crippen molar-refractivity contribution in [1.29, 1.82) is 0 Å². The lowest BCUT2D eigenvalue weighted by molar-refractivity contribution is 0.283. The third-order valence-corrected chi connectivity index (χ3v) is 2.52. The molecule has 0 radical (unpaired) electrons. The first-order chi connectivity index (χ1) is 8.78. The maximum absolute atomic E-state index is 5.19. The van der Waals surface area contributed by atoms with Crippen LogP contribution in [0, 0.1) is 0 Å². The summed E-state index contributed by atoms with van der Waals surface area (Å²) in [6, 6.07) is 7.83. The van der Waals surface area contributed by atoms with Gasteiger partial charge >= 0.3 is 6.01 Å². The van der Waals surface area contributed by atoms with E-state index in [1.807, 2.05) is 31.2 Å². The Labute approximate surface area is 113 Å². The van der Waals surface area contributed by atoms with Crippen molar-refractivity contribution < 1.29 is 4.74 Å². The van der Waals surface area contributed by atoms with Crippen LogP contribution in [0.2, 0.25) is 0 Å². The number of rotatable bonds is 5. The van der Waals surface area contributed by atoms with Gasteiger partial charge in [0.2, 0.25) is 0 Å². The first-order valence-electron chi connectivity index (χ1n) is 5.50. The molecule has 1 heterocycles. The van der Waals surface area contributed by atoms with E-state index in [9.17, 15) is 0 Å². The van der Waals surface area contributed by atoms with Crippen LogP contribution in [0.25, 0.3) is 0 Å². The van der Waals surface area contributed by atoms with Crippen molar-refractivity contribution in [3.63, 3.8) is 0 Å². The van der Waals surface area contributed by atoms with Crippen LogP contribution in [0.5, 0.6) is 6.01 Å². The van der Waals surface area contributed by atoms with E-state index in [1.165, 1.54) is 0 Å². The lowest BCUT2D eigenvalue weighted by Gasteiger charge is -2.04. The van der Waals surface area contributed by atoms with Gasteiger partial charge in [0.25, 0.3) is 5.95 Å². The summed E-state index contributed by atoms with van der Waals surface area (Å²) in [5.74, 6) is 0.334. The lowest BCUT2D eigenvalue weighted by atomic mass is 10.3. The molecule has 0 fully saturated rings. The first-order valence-corrected chi connectivity index (χ1v) is 6.30. The van der Waals surface area contributed by atoms with Crippen molar-refractivity contribution in [3.05, 3.63) is 28.7 Å². The zero-order valence-corrected chi connectivity index (χ0v) is 11.4. The maximum Gasteiger partial charge on any atom is 0.355 e. The second-order valence-electron chi connectivity index (χ2n) is 3.49. The monoisotopic (exact) mass is 309 g/mol. The Bertz CT molecular complexity index is 488. The number of nitrogens with one attached hydrogen (secondary N) is 1. The van der Waals surface area contributed by atoms with E-state index >= 15 is 0 Å². The van der Waals surface area contributed by atoms with E-state index in [2.05, 4.69) is 41.6 Å². The number of anilines is 2. The molecule has 18 heavy (non-hydrogen) atoms. The summed E-state index contributed by atoms with van der Waals surface area (Å²) in [5.41, 5.74) is 0.865. The highest BCUT2D eigenvalue weighted by Gasteiger charge is 2.02. The zero-order valence-electron chi connectivity index (χ0n) is 9.80. The molecule has 7 heteroatoms. The van der Waals surface area contributed by atoms with Crippen molar-refractivity contribution in [2.45, 2.75) is 13.3 Å². The van der Waals surface area contributed by atoms with Crippen molar-refractivity contribution in [3.8, 4) is 6.01 Å². The molecule has 0 spiro atoms. The molecule has 0 aliphatic rings. The second-order valence-corrected chi connectivity index (χ2v) is 4.40. The highest BCUT2D eigenvalue weighted by molar-refractivity contribution is 9.10. The molecule has 0 aliphatic carbocycles. The van der Waals surface area contributed by atoms with Crippen molar-refractivity contribution in [2.24, 2.45) is 0 Å². The van der Waals surface area contributed by atoms with Crippen LogP contribution < -0.4 is 10.1 Å². The Morgan fingerprint density at radius 1 is 1.11 bits per heavy atom. The Hall–Kier alpha value is -1.76. The molecule has 0 bridgehead atoms. The Balaban J connectivity index is 1.99. The summed E-state index contributed by atoms with van der Waals surface area (Å²) >= 11 is 3.36. The van der Waals surface area contributed by atoms with Gasteiger partial charge in [0, 0.05) is 10.2 Å². The zero-order chi connectivity index (χ0) is 12.8. The van der Waals surface area contributed by atoms with Gasteiger partial charge in [0.1, 0.15) is 0 Å². The molecular formula is C11H12BrN5O. The molecule has 0 aliphatic heterocycles. The van der Waals surface area contributed by atoms with Crippen LogP contribution in [0.4, 0.5) is 11.6 Å². The molecule has 0 amide bonds. The number of ether oxygens (including phenoxy) is 1. The summed E-state index contributed by atoms with van der Waals surface area (Å²) in [7, 11) is 0. The largest absolute Gasteiger partial charge is 0.461 e. The minimum Gasteiger partial charge on any atom is -0.461 e. The van der Waals surface area contributed by atoms with Gasteiger partial charge in [-0.2, -0.15) is 0 Å². The fourth-order valence-electron chi connectivity index (χ4n) is 1.18. The van der Waals surface area contributed by atoms with Crippen LogP contribution in [0.1, 0.15) is 13.3 Å². The quantitative estimate of drug-likeness (QED) is 0.915. The summed E-state index contributed by atoms with van der Waals surface area (Å²) in [4.78, 5) is 0. The van der Waals surface area contributed by atoms with Crippen molar-refractivity contribution in [1.82, 2.24) is 20.4 Å². The molecule has 0 atom stereocenters. The summed E-state index contributed by atoms with van der Waals surface area (Å²) in [5, 5.41) is 18.4. The standard InChI is InChI=1S/C11H12BrN5O/c1-2-7-18-11-16-14-10(15-17-11)13-9-5-3-8(12)4-6-9/h3-6H,2,7H2,1H3,(H,13,14,15). The normalized spacial score (nSPS) is 10.1. The lowest BCUT2D eigenvalue weighted by Crippen LogP contribution is -2.05. The van der Waals surface area contributed by atoms with Gasteiger partial charge in [-0.3, -0.25) is 0 Å². The van der Waals surface area contributed by atoms with Crippen LogP contribution in [0.3, 0.4) is 0 Å². The number of hydrogen-bond donors (Lipinski definition) is 1. The van der Waals surface area contributed by atoms with E-state index in [-0.39, 0.29) is 6.01 Å². The summed E-state index contributed by atoms with van der Waals surface area (Å²) in [6.45, 7) is 2.56. The van der Waals surface area contributed by atoms with E-state index in [0.29, 0.717) is 12.6 Å². The molecule has 1 aromatic heterocycles. The van der Waals surface area contributed by atoms with Crippen molar-refractivity contribution >= 4 is 27.6 Å². The van der Waals surface area contributed by atoms with Crippen LogP contribution in [-0.4, -0.2) is 27.0 Å². The van der Waals surface area contributed by atoms with E-state index < -0.39 is 0 Å². The van der Waals surface area contributed by atoms with E-state index in [0.717, 1.165) is 16.6 Å². The van der Waals surface area contributed by atoms with E-state index in [1.54, 1.807) is 0 Å². The van der Waals surface area contributed by atoms with Gasteiger partial charge in [-0.05, 0) is 30.7 Å². The molecule has 0 saturated carbocycles. The predicted octanol–water partition coefficient (Wildman–Crippen LogP) is 2.56. The molecule has 2 aromatic rings. The average Bonchev–Trinajstić information content (AvgIpc) is 2.41.